The second-order valence-electron chi connectivity index (χ2n) is 3.50. The number of carbonyl (C=O) groups excluding carboxylic acids is 1. The van der Waals surface area contributed by atoms with Crippen molar-refractivity contribution in [1.82, 2.24) is 9.97 Å². The summed E-state index contributed by atoms with van der Waals surface area (Å²) in [6.45, 7) is 3.22. The van der Waals surface area contributed by atoms with Gasteiger partial charge in [-0.25, -0.2) is 14.8 Å². The van der Waals surface area contributed by atoms with E-state index >= 15 is 0 Å². The Kier molecular flexibility index (Phi) is 3.75. The number of nitrogens with zero attached hydrogens (tertiary/aromatic N) is 2. The molecule has 0 radical (unpaired) electrons. The molecule has 1 aliphatic heterocycles. The Morgan fingerprint density at radius 3 is 3.06 bits per heavy atom. The van der Waals surface area contributed by atoms with E-state index in [1.807, 2.05) is 0 Å². The maximum absolute atomic E-state index is 11.7. The number of carbonyl (C=O) groups is 1. The van der Waals surface area contributed by atoms with Crippen molar-refractivity contribution >= 4 is 23.3 Å². The lowest BCUT2D eigenvalue weighted by molar-refractivity contribution is 0.0209. The highest BCUT2D eigenvalue weighted by Crippen LogP contribution is 2.18. The van der Waals surface area contributed by atoms with Gasteiger partial charge < -0.3 is 14.8 Å². The van der Waals surface area contributed by atoms with Gasteiger partial charge in [0, 0.05) is 0 Å². The average Bonchev–Trinajstić information content (AvgIpc) is 2.25. The molecule has 1 saturated heterocycles. The number of nitrogens with one attached hydrogen (secondary N) is 1. The van der Waals surface area contributed by atoms with Gasteiger partial charge in [-0.3, -0.25) is 0 Å². The topological polar surface area (TPSA) is 73.3 Å². The molecule has 1 aromatic heterocycles. The lowest BCUT2D eigenvalue weighted by Crippen LogP contribution is -2.40. The van der Waals surface area contributed by atoms with Gasteiger partial charge in [-0.2, -0.15) is 0 Å². The van der Waals surface area contributed by atoms with Gasteiger partial charge >= 0.3 is 5.97 Å². The normalized spacial score (nSPS) is 15.2. The maximum atomic E-state index is 11.7. The Balaban J connectivity index is 2.19. The molecule has 6 nitrogen and oxygen atoms in total. The number of halogens is 1. The third-order valence-electron chi connectivity index (χ3n) is 2.23. The smallest absolute Gasteiger partial charge is 0.359 e. The first-order valence-corrected chi connectivity index (χ1v) is 5.62. The van der Waals surface area contributed by atoms with Crippen LogP contribution in [0.3, 0.4) is 0 Å². The minimum atomic E-state index is -0.514. The minimum absolute atomic E-state index is 0.0171. The average molecular weight is 258 g/mol. The van der Waals surface area contributed by atoms with Crippen molar-refractivity contribution in [2.45, 2.75) is 13.0 Å². The zero-order valence-electron chi connectivity index (χ0n) is 9.27. The molecule has 0 spiro atoms. The number of anilines is 1. The van der Waals surface area contributed by atoms with Crippen LogP contribution < -0.4 is 5.32 Å². The van der Waals surface area contributed by atoms with E-state index in [0.717, 1.165) is 0 Å². The number of ether oxygens (including phenoxy) is 2. The van der Waals surface area contributed by atoms with E-state index in [0.29, 0.717) is 18.9 Å². The van der Waals surface area contributed by atoms with Crippen LogP contribution in [0.4, 0.5) is 5.69 Å². The molecular weight excluding hydrogens is 246 g/mol. The molecule has 92 valence electrons. The van der Waals surface area contributed by atoms with Crippen LogP contribution in [0.5, 0.6) is 0 Å². The van der Waals surface area contributed by atoms with Crippen LogP contribution in [0.2, 0.25) is 5.28 Å². The van der Waals surface area contributed by atoms with Gasteiger partial charge in [0.05, 0.1) is 37.7 Å². The summed E-state index contributed by atoms with van der Waals surface area (Å²) in [7, 11) is 0. The quantitative estimate of drug-likeness (QED) is 0.644. The summed E-state index contributed by atoms with van der Waals surface area (Å²) in [6, 6.07) is 0.174. The van der Waals surface area contributed by atoms with E-state index in [-0.39, 0.29) is 23.6 Å². The highest BCUT2D eigenvalue weighted by molar-refractivity contribution is 6.28. The summed E-state index contributed by atoms with van der Waals surface area (Å²) in [5.41, 5.74) is 0.667. The summed E-state index contributed by atoms with van der Waals surface area (Å²) in [5, 5.41) is 3.12. The van der Waals surface area contributed by atoms with Crippen molar-refractivity contribution in [3.8, 4) is 0 Å². The third-order valence-corrected chi connectivity index (χ3v) is 2.41. The molecule has 17 heavy (non-hydrogen) atoms. The fourth-order valence-electron chi connectivity index (χ4n) is 1.36. The van der Waals surface area contributed by atoms with Crippen LogP contribution in [-0.2, 0) is 9.47 Å². The number of hydrogen-bond donors (Lipinski definition) is 1. The third kappa shape index (κ3) is 2.83. The standard InChI is InChI=1S/C10H12ClN3O3/c1-2-17-9(15)8-7(3-12-10(11)14-8)13-6-4-16-5-6/h3,6,13H,2,4-5H2,1H3. The predicted molar refractivity (Wildman–Crippen MR) is 61.2 cm³/mol. The fraction of sp³-hybridized carbons (Fsp3) is 0.500. The summed E-state index contributed by atoms with van der Waals surface area (Å²) in [6.07, 6.45) is 1.47. The van der Waals surface area contributed by atoms with E-state index < -0.39 is 5.97 Å². The molecule has 0 aliphatic carbocycles. The Morgan fingerprint density at radius 1 is 1.71 bits per heavy atom. The summed E-state index contributed by atoms with van der Waals surface area (Å²) >= 11 is 5.66. The van der Waals surface area contributed by atoms with Gasteiger partial charge in [-0.1, -0.05) is 0 Å². The van der Waals surface area contributed by atoms with Crippen molar-refractivity contribution < 1.29 is 14.3 Å². The predicted octanol–water partition coefficient (Wildman–Crippen LogP) is 1.12. The maximum Gasteiger partial charge on any atom is 0.359 e. The molecule has 0 unspecified atom stereocenters. The fourth-order valence-corrected chi connectivity index (χ4v) is 1.49. The highest BCUT2D eigenvalue weighted by Gasteiger charge is 2.22. The minimum Gasteiger partial charge on any atom is -0.461 e. The molecule has 0 bridgehead atoms. The molecule has 2 heterocycles. The largest absolute Gasteiger partial charge is 0.461 e. The zero-order chi connectivity index (χ0) is 12.3. The zero-order valence-corrected chi connectivity index (χ0v) is 10.0. The van der Waals surface area contributed by atoms with Crippen molar-refractivity contribution in [3.05, 3.63) is 17.2 Å². The van der Waals surface area contributed by atoms with E-state index in [4.69, 9.17) is 21.1 Å². The molecule has 0 saturated carbocycles. The van der Waals surface area contributed by atoms with Crippen molar-refractivity contribution in [2.75, 3.05) is 25.1 Å². The van der Waals surface area contributed by atoms with Gasteiger partial charge in [0.1, 0.15) is 0 Å². The summed E-state index contributed by atoms with van der Waals surface area (Å²) < 4.78 is 9.93. The van der Waals surface area contributed by atoms with E-state index in [1.54, 1.807) is 6.92 Å². The molecule has 1 aromatic rings. The molecule has 1 aliphatic rings. The molecular formula is C10H12ClN3O3. The molecule has 1 fully saturated rings. The second kappa shape index (κ2) is 5.29. The van der Waals surface area contributed by atoms with Crippen LogP contribution in [-0.4, -0.2) is 41.8 Å². The Labute approximate surface area is 103 Å². The highest BCUT2D eigenvalue weighted by atomic mass is 35.5. The number of aromatic nitrogens is 2. The second-order valence-corrected chi connectivity index (χ2v) is 3.84. The monoisotopic (exact) mass is 257 g/mol. The molecule has 0 amide bonds. The van der Waals surface area contributed by atoms with Crippen LogP contribution >= 0.6 is 11.6 Å². The SMILES string of the molecule is CCOC(=O)c1nc(Cl)ncc1NC1COC1. The summed E-state index contributed by atoms with van der Waals surface area (Å²) in [4.78, 5) is 19.4. The lowest BCUT2D eigenvalue weighted by atomic mass is 10.2. The molecule has 0 atom stereocenters. The van der Waals surface area contributed by atoms with Gasteiger partial charge in [-0.15, -0.1) is 0 Å². The number of hydrogen-bond acceptors (Lipinski definition) is 6. The van der Waals surface area contributed by atoms with Gasteiger partial charge in [0.25, 0.3) is 0 Å². The summed E-state index contributed by atoms with van der Waals surface area (Å²) in [5.74, 6) is -0.514. The van der Waals surface area contributed by atoms with Gasteiger partial charge in [0.2, 0.25) is 5.28 Å². The van der Waals surface area contributed by atoms with Crippen molar-refractivity contribution in [3.63, 3.8) is 0 Å². The van der Waals surface area contributed by atoms with E-state index in [2.05, 4.69) is 15.3 Å². The Bertz CT molecular complexity index is 423. The van der Waals surface area contributed by atoms with E-state index in [9.17, 15) is 4.79 Å². The van der Waals surface area contributed by atoms with Gasteiger partial charge in [0.15, 0.2) is 5.69 Å². The number of esters is 1. The Hall–Kier alpha value is -1.40. The van der Waals surface area contributed by atoms with Crippen LogP contribution in [0.15, 0.2) is 6.20 Å². The first-order valence-electron chi connectivity index (χ1n) is 5.24. The van der Waals surface area contributed by atoms with Crippen molar-refractivity contribution in [2.24, 2.45) is 0 Å². The van der Waals surface area contributed by atoms with Crippen LogP contribution in [0, 0.1) is 0 Å². The van der Waals surface area contributed by atoms with Crippen LogP contribution in [0.1, 0.15) is 17.4 Å². The molecule has 0 aromatic carbocycles. The first-order chi connectivity index (χ1) is 8.20. The van der Waals surface area contributed by atoms with E-state index in [1.165, 1.54) is 6.20 Å². The molecule has 1 N–H and O–H groups in total. The van der Waals surface area contributed by atoms with Crippen molar-refractivity contribution in [1.29, 1.82) is 0 Å². The Morgan fingerprint density at radius 2 is 2.47 bits per heavy atom. The lowest BCUT2D eigenvalue weighted by Gasteiger charge is -2.28. The molecule has 2 rings (SSSR count). The number of rotatable bonds is 4. The van der Waals surface area contributed by atoms with Gasteiger partial charge in [-0.05, 0) is 18.5 Å². The van der Waals surface area contributed by atoms with Crippen LogP contribution in [0.25, 0.3) is 0 Å². The molecule has 7 heteroatoms. The first kappa shape index (κ1) is 12.1.